The summed E-state index contributed by atoms with van der Waals surface area (Å²) in [6, 6.07) is -1.55. The van der Waals surface area contributed by atoms with E-state index in [0.717, 1.165) is 70.6 Å². The molecule has 5 N–H and O–H groups in total. The molecule has 0 radical (unpaired) electrons. The summed E-state index contributed by atoms with van der Waals surface area (Å²) >= 11 is 0. The summed E-state index contributed by atoms with van der Waals surface area (Å²) in [6.07, 6.45) is 55.7. The molecule has 63 heavy (non-hydrogen) atoms. The summed E-state index contributed by atoms with van der Waals surface area (Å²) in [5, 5.41) is 18.7. The van der Waals surface area contributed by atoms with Crippen molar-refractivity contribution in [3.05, 3.63) is 134 Å². The highest BCUT2D eigenvalue weighted by molar-refractivity contribution is 7.47. The number of carboxylic acids is 1. The van der Waals surface area contributed by atoms with Gasteiger partial charge in [-0.25, -0.2) is 4.57 Å². The molecule has 0 saturated carbocycles. The standard InChI is InChI=1S/C50H76NO11P/c1-3-5-7-8-9-10-11-12-13-14-15-16-17-20-24-27-30-33-37-41-49(54)62-46(43-60-63(57,58)61-44-47(51)50(55)56)42-59-48(53)40-36-32-29-26-23-21-18-19-22-25-28-31-35-39-45(52)38-34-6-4-2/h5-7,9-10,12-13,15-16,19-24,28-29,31-32,34-35,39,45-47,52H,3-4,8,11,14,17-18,25-27,30,33,36-38,40-44,51H2,1-2H3,(H,55,56)(H,57,58)/b7-5-,10-9-,13-12-,16-15-,22-19-,23-21-,24-20-,31-28+,32-29-,34-6-,39-35+/t45?,46-,47+/m1/s1. The molecule has 0 heterocycles. The molecular formula is C50H76NO11P. The predicted octanol–water partition coefficient (Wildman–Crippen LogP) is 11.1. The van der Waals surface area contributed by atoms with E-state index in [4.69, 9.17) is 24.8 Å². The van der Waals surface area contributed by atoms with Gasteiger partial charge in [0.1, 0.15) is 12.6 Å². The van der Waals surface area contributed by atoms with Crippen LogP contribution >= 0.6 is 7.82 Å². The lowest BCUT2D eigenvalue weighted by Gasteiger charge is -2.20. The molecule has 0 fully saturated rings. The van der Waals surface area contributed by atoms with Gasteiger partial charge in [0.15, 0.2) is 6.10 Å². The van der Waals surface area contributed by atoms with Crippen LogP contribution in [0.2, 0.25) is 0 Å². The molecule has 0 rings (SSSR count). The van der Waals surface area contributed by atoms with Crippen LogP contribution in [-0.2, 0) is 37.5 Å². The van der Waals surface area contributed by atoms with Crippen LogP contribution in [0, 0.1) is 0 Å². The van der Waals surface area contributed by atoms with Gasteiger partial charge >= 0.3 is 25.7 Å². The lowest BCUT2D eigenvalue weighted by molar-refractivity contribution is -0.161. The van der Waals surface area contributed by atoms with Gasteiger partial charge in [0.25, 0.3) is 0 Å². The van der Waals surface area contributed by atoms with Crippen LogP contribution in [0.15, 0.2) is 134 Å². The number of aliphatic carboxylic acids is 1. The highest BCUT2D eigenvalue weighted by Gasteiger charge is 2.28. The Bertz CT molecular complexity index is 1590. The molecular weight excluding hydrogens is 822 g/mol. The molecule has 0 aliphatic rings. The summed E-state index contributed by atoms with van der Waals surface area (Å²) in [5.41, 5.74) is 5.33. The first-order chi connectivity index (χ1) is 30.5. The molecule has 352 valence electrons. The maximum atomic E-state index is 12.6. The van der Waals surface area contributed by atoms with Crippen LogP contribution in [0.3, 0.4) is 0 Å². The Morgan fingerprint density at radius 1 is 0.571 bits per heavy atom. The largest absolute Gasteiger partial charge is 0.480 e. The predicted molar refractivity (Wildman–Crippen MR) is 255 cm³/mol. The number of rotatable bonds is 39. The average molecular weight is 898 g/mol. The van der Waals surface area contributed by atoms with Crippen molar-refractivity contribution in [2.75, 3.05) is 19.8 Å². The summed E-state index contributed by atoms with van der Waals surface area (Å²) in [6.45, 7) is 2.34. The number of unbranched alkanes of at least 4 members (excludes halogenated alkanes) is 3. The molecule has 0 spiro atoms. The topological polar surface area (TPSA) is 192 Å². The number of phosphoric acid groups is 1. The number of aliphatic hydroxyl groups is 1. The van der Waals surface area contributed by atoms with E-state index in [-0.39, 0.29) is 12.8 Å². The smallest absolute Gasteiger partial charge is 0.472 e. The lowest BCUT2D eigenvalue weighted by Crippen LogP contribution is -2.34. The lowest BCUT2D eigenvalue weighted by atomic mass is 10.1. The van der Waals surface area contributed by atoms with E-state index in [2.05, 4.69) is 91.3 Å². The van der Waals surface area contributed by atoms with Gasteiger partial charge < -0.3 is 30.3 Å². The van der Waals surface area contributed by atoms with E-state index < -0.39 is 63.8 Å². The number of aliphatic hydroxyl groups excluding tert-OH is 1. The molecule has 13 heteroatoms. The van der Waals surface area contributed by atoms with Crippen LogP contribution in [-0.4, -0.2) is 71.1 Å². The first-order valence-corrected chi connectivity index (χ1v) is 23.8. The molecule has 0 aromatic rings. The van der Waals surface area contributed by atoms with Gasteiger partial charge in [-0.3, -0.25) is 23.4 Å². The highest BCUT2D eigenvalue weighted by atomic mass is 31.2. The Balaban J connectivity index is 4.60. The van der Waals surface area contributed by atoms with Crippen LogP contribution in [0.25, 0.3) is 0 Å². The van der Waals surface area contributed by atoms with Crippen LogP contribution < -0.4 is 5.73 Å². The van der Waals surface area contributed by atoms with Crippen molar-refractivity contribution in [2.45, 2.75) is 141 Å². The number of allylic oxidation sites excluding steroid dienone is 20. The van der Waals surface area contributed by atoms with Crippen molar-refractivity contribution in [3.8, 4) is 0 Å². The average Bonchev–Trinajstić information content (AvgIpc) is 3.25. The van der Waals surface area contributed by atoms with Crippen molar-refractivity contribution in [3.63, 3.8) is 0 Å². The van der Waals surface area contributed by atoms with Crippen LogP contribution in [0.1, 0.15) is 123 Å². The monoisotopic (exact) mass is 898 g/mol. The van der Waals surface area contributed by atoms with Gasteiger partial charge in [0.05, 0.1) is 19.3 Å². The SMILES string of the molecule is CC/C=C\C/C=C\C/C=C\C/C=C\C/C=C\CCCCCC(=O)O[C@H](COC(=O)CC/C=C\C/C=C\C/C=C\C/C=C/C=C/C(O)C/C=C\CC)COP(=O)(O)OC[C@H](N)C(=O)O. The molecule has 0 aromatic heterocycles. The zero-order chi connectivity index (χ0) is 46.5. The maximum absolute atomic E-state index is 12.6. The number of carbonyl (C=O) groups excluding carboxylic acids is 2. The third-order valence-electron chi connectivity index (χ3n) is 8.49. The third kappa shape index (κ3) is 42.6. The highest BCUT2D eigenvalue weighted by Crippen LogP contribution is 2.43. The first-order valence-electron chi connectivity index (χ1n) is 22.3. The van der Waals surface area contributed by atoms with E-state index in [0.29, 0.717) is 25.7 Å². The van der Waals surface area contributed by atoms with Crippen LogP contribution in [0.5, 0.6) is 0 Å². The van der Waals surface area contributed by atoms with Gasteiger partial charge in [-0.1, -0.05) is 154 Å². The molecule has 0 saturated heterocycles. The van der Waals surface area contributed by atoms with Crippen molar-refractivity contribution in [1.82, 2.24) is 0 Å². The first kappa shape index (κ1) is 58.6. The number of carboxylic acid groups (broad SMARTS) is 1. The minimum atomic E-state index is -4.76. The third-order valence-corrected chi connectivity index (χ3v) is 9.44. The van der Waals surface area contributed by atoms with Gasteiger partial charge in [0, 0.05) is 12.8 Å². The molecule has 0 amide bonds. The molecule has 4 atom stereocenters. The summed E-state index contributed by atoms with van der Waals surface area (Å²) in [4.78, 5) is 46.0. The number of phosphoric ester groups is 1. The summed E-state index contributed by atoms with van der Waals surface area (Å²) in [7, 11) is -4.76. The summed E-state index contributed by atoms with van der Waals surface area (Å²) < 4.78 is 32.6. The number of hydrogen-bond donors (Lipinski definition) is 4. The second kappa shape index (κ2) is 42.9. The van der Waals surface area contributed by atoms with E-state index in [1.807, 2.05) is 54.7 Å². The fraction of sp³-hybridized carbons (Fsp3) is 0.500. The Hall–Kier alpha value is -4.42. The normalized spacial score (nSPS) is 15.4. The number of hydrogen-bond acceptors (Lipinski definition) is 10. The van der Waals surface area contributed by atoms with Crippen molar-refractivity contribution >= 4 is 25.7 Å². The van der Waals surface area contributed by atoms with Gasteiger partial charge in [-0.05, 0) is 89.9 Å². The Morgan fingerprint density at radius 2 is 1.06 bits per heavy atom. The number of nitrogens with two attached hydrogens (primary N) is 1. The fourth-order valence-electron chi connectivity index (χ4n) is 5.02. The fourth-order valence-corrected chi connectivity index (χ4v) is 5.80. The second-order valence-electron chi connectivity index (χ2n) is 14.3. The van der Waals surface area contributed by atoms with Gasteiger partial charge in [-0.2, -0.15) is 0 Å². The van der Waals surface area contributed by atoms with E-state index in [9.17, 15) is 28.9 Å². The van der Waals surface area contributed by atoms with Crippen molar-refractivity contribution < 1.29 is 52.6 Å². The molecule has 12 nitrogen and oxygen atoms in total. The maximum Gasteiger partial charge on any atom is 0.472 e. The van der Waals surface area contributed by atoms with Gasteiger partial charge in [-0.15, -0.1) is 0 Å². The van der Waals surface area contributed by atoms with E-state index >= 15 is 0 Å². The van der Waals surface area contributed by atoms with Crippen molar-refractivity contribution in [2.24, 2.45) is 5.73 Å². The Kier molecular flexibility index (Phi) is 39.9. The summed E-state index contributed by atoms with van der Waals surface area (Å²) in [5.74, 6) is -2.58. The van der Waals surface area contributed by atoms with Gasteiger partial charge in [0.2, 0.25) is 0 Å². The molecule has 0 aliphatic carbocycles. The zero-order valence-corrected chi connectivity index (χ0v) is 38.6. The zero-order valence-electron chi connectivity index (χ0n) is 37.7. The van der Waals surface area contributed by atoms with Crippen molar-refractivity contribution in [1.29, 1.82) is 0 Å². The quantitative estimate of drug-likeness (QED) is 0.0150. The minimum absolute atomic E-state index is 0.0641. The van der Waals surface area contributed by atoms with Crippen LogP contribution in [0.4, 0.5) is 0 Å². The number of carbonyl (C=O) groups is 3. The number of ether oxygens (including phenoxy) is 2. The minimum Gasteiger partial charge on any atom is -0.480 e. The Morgan fingerprint density at radius 3 is 1.62 bits per heavy atom. The number of esters is 2. The molecule has 0 aliphatic heterocycles. The Labute approximate surface area is 377 Å². The molecule has 0 bridgehead atoms. The second-order valence-corrected chi connectivity index (χ2v) is 15.7. The van der Waals surface area contributed by atoms with E-state index in [1.54, 1.807) is 6.08 Å². The molecule has 2 unspecified atom stereocenters. The molecule has 0 aromatic carbocycles. The van der Waals surface area contributed by atoms with E-state index in [1.165, 1.54) is 0 Å².